The quantitative estimate of drug-likeness (QED) is 0.704. The van der Waals surface area contributed by atoms with Crippen molar-refractivity contribution in [1.82, 2.24) is 4.90 Å². The first kappa shape index (κ1) is 13.8. The second-order valence-electron chi connectivity index (χ2n) is 3.71. The van der Waals surface area contributed by atoms with Crippen LogP contribution in [0.25, 0.3) is 0 Å². The van der Waals surface area contributed by atoms with Crippen molar-refractivity contribution in [2.45, 2.75) is 19.9 Å². The molecule has 0 spiro atoms. The first-order valence-electron chi connectivity index (χ1n) is 5.39. The van der Waals surface area contributed by atoms with Gasteiger partial charge in [0.05, 0.1) is 5.02 Å². The second-order valence-corrected chi connectivity index (χ2v) is 4.50. The van der Waals surface area contributed by atoms with E-state index in [9.17, 15) is 4.39 Å². The van der Waals surface area contributed by atoms with Crippen molar-refractivity contribution in [2.75, 3.05) is 19.0 Å². The molecule has 1 aromatic rings. The molecule has 0 N–H and O–H groups in total. The summed E-state index contributed by atoms with van der Waals surface area (Å²) in [4.78, 5) is 2.23. The molecule has 1 aromatic carbocycles. The Morgan fingerprint density at radius 3 is 2.62 bits per heavy atom. The van der Waals surface area contributed by atoms with E-state index < -0.39 is 0 Å². The van der Waals surface area contributed by atoms with Crippen molar-refractivity contribution in [3.63, 3.8) is 0 Å². The van der Waals surface area contributed by atoms with Gasteiger partial charge in [-0.05, 0) is 30.7 Å². The first-order valence-corrected chi connectivity index (χ1v) is 6.31. The third-order valence-electron chi connectivity index (χ3n) is 2.33. The Hall–Kier alpha value is -0.310. The normalized spacial score (nSPS) is 11.1. The van der Waals surface area contributed by atoms with E-state index in [2.05, 4.69) is 11.8 Å². The summed E-state index contributed by atoms with van der Waals surface area (Å²) in [6, 6.07) is 4.84. The van der Waals surface area contributed by atoms with Gasteiger partial charge in [-0.1, -0.05) is 24.6 Å². The van der Waals surface area contributed by atoms with Gasteiger partial charge in [0.2, 0.25) is 0 Å². The van der Waals surface area contributed by atoms with Crippen LogP contribution in [0, 0.1) is 5.82 Å². The minimum atomic E-state index is -0.371. The number of hydrogen-bond donors (Lipinski definition) is 0. The molecule has 90 valence electrons. The number of alkyl halides is 1. The maximum Gasteiger partial charge on any atom is 0.141 e. The highest BCUT2D eigenvalue weighted by molar-refractivity contribution is 6.30. The van der Waals surface area contributed by atoms with Crippen molar-refractivity contribution in [3.8, 4) is 0 Å². The van der Waals surface area contributed by atoms with Gasteiger partial charge in [-0.15, -0.1) is 11.6 Å². The molecule has 0 radical (unpaired) electrons. The summed E-state index contributed by atoms with van der Waals surface area (Å²) in [5.74, 6) is 0.236. The maximum atomic E-state index is 13.0. The third kappa shape index (κ3) is 4.28. The van der Waals surface area contributed by atoms with Crippen LogP contribution < -0.4 is 0 Å². The molecule has 0 aliphatic rings. The van der Waals surface area contributed by atoms with Crippen molar-refractivity contribution >= 4 is 23.2 Å². The summed E-state index contributed by atoms with van der Waals surface area (Å²) in [6.07, 6.45) is 1.08. The number of benzene rings is 1. The molecule has 0 aromatic heterocycles. The Balaban J connectivity index is 2.65. The van der Waals surface area contributed by atoms with Crippen LogP contribution in [0.15, 0.2) is 18.2 Å². The SMILES string of the molecule is CCCN(CCCl)Cc1ccc(F)c(Cl)c1. The van der Waals surface area contributed by atoms with Crippen LogP contribution in [-0.4, -0.2) is 23.9 Å². The largest absolute Gasteiger partial charge is 0.298 e. The zero-order valence-electron chi connectivity index (χ0n) is 9.35. The summed E-state index contributed by atoms with van der Waals surface area (Å²) in [7, 11) is 0. The molecular weight excluding hydrogens is 248 g/mol. The van der Waals surface area contributed by atoms with Gasteiger partial charge in [-0.25, -0.2) is 4.39 Å². The minimum absolute atomic E-state index is 0.180. The lowest BCUT2D eigenvalue weighted by Gasteiger charge is -2.20. The molecule has 4 heteroatoms. The Labute approximate surface area is 106 Å². The molecule has 1 nitrogen and oxygen atoms in total. The molecular formula is C12H16Cl2FN. The van der Waals surface area contributed by atoms with Gasteiger partial charge in [-0.3, -0.25) is 4.90 Å². The van der Waals surface area contributed by atoms with Gasteiger partial charge in [0.1, 0.15) is 5.82 Å². The number of hydrogen-bond acceptors (Lipinski definition) is 1. The average molecular weight is 264 g/mol. The van der Waals surface area contributed by atoms with Gasteiger partial charge in [0, 0.05) is 19.0 Å². The molecule has 0 aliphatic heterocycles. The van der Waals surface area contributed by atoms with E-state index in [1.807, 2.05) is 0 Å². The van der Waals surface area contributed by atoms with Crippen LogP contribution in [0.4, 0.5) is 4.39 Å². The maximum absolute atomic E-state index is 13.0. The number of rotatable bonds is 6. The molecule has 0 heterocycles. The first-order chi connectivity index (χ1) is 7.67. The van der Waals surface area contributed by atoms with Crippen LogP contribution >= 0.6 is 23.2 Å². The zero-order chi connectivity index (χ0) is 12.0. The Morgan fingerprint density at radius 1 is 1.31 bits per heavy atom. The van der Waals surface area contributed by atoms with E-state index in [-0.39, 0.29) is 10.8 Å². The standard InChI is InChI=1S/C12H16Cl2FN/c1-2-6-16(7-5-13)9-10-3-4-12(15)11(14)8-10/h3-4,8H,2,5-7,9H2,1H3. The molecule has 0 unspecified atom stereocenters. The summed E-state index contributed by atoms with van der Waals surface area (Å²) in [5.41, 5.74) is 1.02. The highest BCUT2D eigenvalue weighted by Gasteiger charge is 2.06. The topological polar surface area (TPSA) is 3.24 Å². The summed E-state index contributed by atoms with van der Waals surface area (Å²) in [5, 5.41) is 0.180. The zero-order valence-corrected chi connectivity index (χ0v) is 10.9. The predicted octanol–water partition coefficient (Wildman–Crippen LogP) is 3.93. The smallest absolute Gasteiger partial charge is 0.141 e. The number of nitrogens with zero attached hydrogens (tertiary/aromatic N) is 1. The van der Waals surface area contributed by atoms with Crippen molar-refractivity contribution in [1.29, 1.82) is 0 Å². The third-order valence-corrected chi connectivity index (χ3v) is 2.79. The Morgan fingerprint density at radius 2 is 2.06 bits per heavy atom. The van der Waals surface area contributed by atoms with E-state index in [1.54, 1.807) is 12.1 Å². The molecule has 16 heavy (non-hydrogen) atoms. The van der Waals surface area contributed by atoms with Gasteiger partial charge < -0.3 is 0 Å². The molecule has 0 saturated carbocycles. The highest BCUT2D eigenvalue weighted by atomic mass is 35.5. The lowest BCUT2D eigenvalue weighted by molar-refractivity contribution is 0.282. The van der Waals surface area contributed by atoms with Crippen LogP contribution in [0.2, 0.25) is 5.02 Å². The summed E-state index contributed by atoms with van der Waals surface area (Å²) < 4.78 is 13.0. The molecule has 0 fully saturated rings. The van der Waals surface area contributed by atoms with Crippen molar-refractivity contribution < 1.29 is 4.39 Å². The van der Waals surface area contributed by atoms with Crippen LogP contribution in [-0.2, 0) is 6.54 Å². The average Bonchev–Trinajstić information content (AvgIpc) is 2.24. The fourth-order valence-electron chi connectivity index (χ4n) is 1.60. The fourth-order valence-corrected chi connectivity index (χ4v) is 2.04. The fraction of sp³-hybridized carbons (Fsp3) is 0.500. The van der Waals surface area contributed by atoms with E-state index in [0.29, 0.717) is 5.88 Å². The highest BCUT2D eigenvalue weighted by Crippen LogP contribution is 2.17. The lowest BCUT2D eigenvalue weighted by atomic mass is 10.2. The van der Waals surface area contributed by atoms with Crippen LogP contribution in [0.5, 0.6) is 0 Å². The molecule has 1 rings (SSSR count). The molecule has 0 saturated heterocycles. The van der Waals surface area contributed by atoms with E-state index in [1.165, 1.54) is 6.07 Å². The predicted molar refractivity (Wildman–Crippen MR) is 67.7 cm³/mol. The molecule has 0 amide bonds. The van der Waals surface area contributed by atoms with E-state index in [4.69, 9.17) is 23.2 Å². The summed E-state index contributed by atoms with van der Waals surface area (Å²) in [6.45, 7) is 4.71. The lowest BCUT2D eigenvalue weighted by Crippen LogP contribution is -2.26. The van der Waals surface area contributed by atoms with Crippen LogP contribution in [0.3, 0.4) is 0 Å². The van der Waals surface area contributed by atoms with Gasteiger partial charge >= 0.3 is 0 Å². The van der Waals surface area contributed by atoms with Gasteiger partial charge in [0.25, 0.3) is 0 Å². The van der Waals surface area contributed by atoms with E-state index in [0.717, 1.165) is 31.6 Å². The van der Waals surface area contributed by atoms with E-state index >= 15 is 0 Å². The number of halogens is 3. The molecule has 0 aliphatic carbocycles. The van der Waals surface area contributed by atoms with Crippen LogP contribution in [0.1, 0.15) is 18.9 Å². The molecule has 0 atom stereocenters. The Bertz CT molecular complexity index is 325. The Kier molecular flexibility index (Phi) is 6.10. The molecule has 0 bridgehead atoms. The van der Waals surface area contributed by atoms with Crippen molar-refractivity contribution in [3.05, 3.63) is 34.6 Å². The van der Waals surface area contributed by atoms with Gasteiger partial charge in [0.15, 0.2) is 0 Å². The van der Waals surface area contributed by atoms with Crippen molar-refractivity contribution in [2.24, 2.45) is 0 Å². The minimum Gasteiger partial charge on any atom is -0.298 e. The second kappa shape index (κ2) is 7.10. The van der Waals surface area contributed by atoms with Gasteiger partial charge in [-0.2, -0.15) is 0 Å². The monoisotopic (exact) mass is 263 g/mol. The summed E-state index contributed by atoms with van der Waals surface area (Å²) >= 11 is 11.5.